The number of aliphatic hydroxyl groups is 1. The lowest BCUT2D eigenvalue weighted by Gasteiger charge is -2.20. The standard InChI is InChI=1S/C14H11Cl2N3OS/c15-8-6-9(16)14(13-12(8)17-21-18-13)19-5-4-7-10(19)2-1-3-11(7)20/h4-6,11,20H,1-3H2. The van der Waals surface area contributed by atoms with Gasteiger partial charge in [-0.15, -0.1) is 0 Å². The molecule has 0 bridgehead atoms. The number of aromatic nitrogens is 3. The van der Waals surface area contributed by atoms with Crippen LogP contribution < -0.4 is 0 Å². The number of hydrogen-bond donors (Lipinski definition) is 1. The fraction of sp³-hybridized carbons (Fsp3) is 0.286. The van der Waals surface area contributed by atoms with E-state index in [1.54, 1.807) is 6.07 Å². The van der Waals surface area contributed by atoms with E-state index < -0.39 is 6.10 Å². The first-order valence-electron chi connectivity index (χ1n) is 6.65. The highest BCUT2D eigenvalue weighted by Crippen LogP contribution is 2.38. The average Bonchev–Trinajstić information content (AvgIpc) is 3.07. The van der Waals surface area contributed by atoms with Gasteiger partial charge >= 0.3 is 0 Å². The maximum absolute atomic E-state index is 10.1. The van der Waals surface area contributed by atoms with E-state index >= 15 is 0 Å². The fourth-order valence-electron chi connectivity index (χ4n) is 2.97. The van der Waals surface area contributed by atoms with Gasteiger partial charge in [0.2, 0.25) is 0 Å². The second-order valence-electron chi connectivity index (χ2n) is 5.15. The van der Waals surface area contributed by atoms with Crippen LogP contribution in [0.15, 0.2) is 18.3 Å². The van der Waals surface area contributed by atoms with Crippen molar-refractivity contribution in [1.29, 1.82) is 0 Å². The fourth-order valence-corrected chi connectivity index (χ4v) is 4.17. The summed E-state index contributed by atoms with van der Waals surface area (Å²) in [7, 11) is 0. The molecule has 0 amide bonds. The Hall–Kier alpha value is -1.14. The van der Waals surface area contributed by atoms with Crippen LogP contribution in [-0.4, -0.2) is 18.4 Å². The lowest BCUT2D eigenvalue weighted by atomic mass is 9.95. The summed E-state index contributed by atoms with van der Waals surface area (Å²) in [4.78, 5) is 0. The molecule has 4 nitrogen and oxygen atoms in total. The summed E-state index contributed by atoms with van der Waals surface area (Å²) in [5, 5.41) is 11.2. The van der Waals surface area contributed by atoms with Crippen LogP contribution in [0.3, 0.4) is 0 Å². The SMILES string of the molecule is OC1CCCc2c1ccn2-c1c(Cl)cc(Cl)c2nsnc12. The predicted molar refractivity (Wildman–Crippen MR) is 84.7 cm³/mol. The number of hydrogen-bond acceptors (Lipinski definition) is 4. The first-order valence-corrected chi connectivity index (χ1v) is 8.14. The maximum atomic E-state index is 10.1. The van der Waals surface area contributed by atoms with Gasteiger partial charge in [0.05, 0.1) is 33.6 Å². The molecular weight excluding hydrogens is 329 g/mol. The van der Waals surface area contributed by atoms with E-state index in [1.807, 2.05) is 16.8 Å². The van der Waals surface area contributed by atoms with Crippen LogP contribution >= 0.6 is 34.9 Å². The zero-order chi connectivity index (χ0) is 14.6. The van der Waals surface area contributed by atoms with Crippen molar-refractivity contribution in [3.8, 4) is 5.69 Å². The van der Waals surface area contributed by atoms with E-state index in [0.717, 1.165) is 47.9 Å². The van der Waals surface area contributed by atoms with Gasteiger partial charge in [0.15, 0.2) is 0 Å². The van der Waals surface area contributed by atoms with Crippen molar-refractivity contribution in [1.82, 2.24) is 13.3 Å². The molecule has 3 aromatic rings. The van der Waals surface area contributed by atoms with E-state index in [4.69, 9.17) is 23.2 Å². The number of benzene rings is 1. The highest BCUT2D eigenvalue weighted by Gasteiger charge is 2.24. The number of aliphatic hydroxyl groups excluding tert-OH is 1. The molecule has 1 aromatic carbocycles. The Bertz CT molecular complexity index is 842. The van der Waals surface area contributed by atoms with Crippen molar-refractivity contribution in [2.75, 3.05) is 0 Å². The highest BCUT2D eigenvalue weighted by atomic mass is 35.5. The van der Waals surface area contributed by atoms with Crippen LogP contribution in [0.4, 0.5) is 0 Å². The Labute approximate surface area is 135 Å². The molecule has 0 radical (unpaired) electrons. The van der Waals surface area contributed by atoms with Crippen molar-refractivity contribution in [2.45, 2.75) is 25.4 Å². The van der Waals surface area contributed by atoms with E-state index in [-0.39, 0.29) is 0 Å². The number of halogens is 2. The van der Waals surface area contributed by atoms with Gasteiger partial charge in [-0.05, 0) is 31.4 Å². The van der Waals surface area contributed by atoms with Crippen LogP contribution in [0, 0.1) is 0 Å². The van der Waals surface area contributed by atoms with Crippen LogP contribution in [0.5, 0.6) is 0 Å². The average molecular weight is 340 g/mol. The smallest absolute Gasteiger partial charge is 0.131 e. The molecule has 21 heavy (non-hydrogen) atoms. The molecule has 2 heterocycles. The van der Waals surface area contributed by atoms with Gasteiger partial charge in [-0.2, -0.15) is 8.75 Å². The summed E-state index contributed by atoms with van der Waals surface area (Å²) in [6.45, 7) is 0. The molecule has 4 rings (SSSR count). The summed E-state index contributed by atoms with van der Waals surface area (Å²) in [5.41, 5.74) is 4.23. The molecule has 0 saturated heterocycles. The van der Waals surface area contributed by atoms with Crippen molar-refractivity contribution < 1.29 is 5.11 Å². The van der Waals surface area contributed by atoms with Crippen molar-refractivity contribution >= 4 is 46.0 Å². The largest absolute Gasteiger partial charge is 0.388 e. The third-order valence-corrected chi connectivity index (χ3v) is 5.04. The van der Waals surface area contributed by atoms with Gasteiger partial charge in [0, 0.05) is 17.5 Å². The zero-order valence-electron chi connectivity index (χ0n) is 10.9. The Balaban J connectivity index is 2.02. The lowest BCUT2D eigenvalue weighted by Crippen LogP contribution is -2.11. The Morgan fingerprint density at radius 1 is 1.24 bits per heavy atom. The molecule has 1 unspecified atom stereocenters. The van der Waals surface area contributed by atoms with Crippen LogP contribution in [0.2, 0.25) is 10.0 Å². The summed E-state index contributed by atoms with van der Waals surface area (Å²) in [5.74, 6) is 0. The predicted octanol–water partition coefficient (Wildman–Crippen LogP) is 4.16. The van der Waals surface area contributed by atoms with Crippen LogP contribution in [0.25, 0.3) is 16.7 Å². The molecule has 1 atom stereocenters. The van der Waals surface area contributed by atoms with E-state index in [1.165, 1.54) is 0 Å². The molecule has 1 N–H and O–H groups in total. The molecule has 1 aliphatic carbocycles. The summed E-state index contributed by atoms with van der Waals surface area (Å²) in [6.07, 6.45) is 4.22. The van der Waals surface area contributed by atoms with Gasteiger partial charge < -0.3 is 9.67 Å². The Morgan fingerprint density at radius 2 is 2.05 bits per heavy atom. The molecule has 7 heteroatoms. The number of rotatable bonds is 1. The first kappa shape index (κ1) is 13.5. The van der Waals surface area contributed by atoms with Gasteiger partial charge in [0.1, 0.15) is 11.0 Å². The van der Waals surface area contributed by atoms with Crippen molar-refractivity contribution in [3.63, 3.8) is 0 Å². The van der Waals surface area contributed by atoms with Gasteiger partial charge in [-0.3, -0.25) is 0 Å². The molecule has 0 fully saturated rings. The van der Waals surface area contributed by atoms with Crippen molar-refractivity contribution in [2.24, 2.45) is 0 Å². The quantitative estimate of drug-likeness (QED) is 0.724. The second kappa shape index (κ2) is 4.95. The molecule has 1 aliphatic rings. The summed E-state index contributed by atoms with van der Waals surface area (Å²) in [6, 6.07) is 3.66. The lowest BCUT2D eigenvalue weighted by molar-refractivity contribution is 0.156. The van der Waals surface area contributed by atoms with Gasteiger partial charge in [0.25, 0.3) is 0 Å². The minimum Gasteiger partial charge on any atom is -0.388 e. The molecule has 108 valence electrons. The van der Waals surface area contributed by atoms with Crippen molar-refractivity contribution in [3.05, 3.63) is 39.6 Å². The molecule has 0 saturated carbocycles. The molecule has 2 aromatic heterocycles. The van der Waals surface area contributed by atoms with Crippen LogP contribution in [-0.2, 0) is 6.42 Å². The molecular formula is C14H11Cl2N3OS. The first-order chi connectivity index (χ1) is 10.2. The van der Waals surface area contributed by atoms with E-state index in [0.29, 0.717) is 21.1 Å². The Morgan fingerprint density at radius 3 is 2.90 bits per heavy atom. The minimum absolute atomic E-state index is 0.398. The minimum atomic E-state index is -0.398. The summed E-state index contributed by atoms with van der Waals surface area (Å²) < 4.78 is 10.6. The van der Waals surface area contributed by atoms with Gasteiger partial charge in [-0.25, -0.2) is 0 Å². The van der Waals surface area contributed by atoms with E-state index in [9.17, 15) is 5.11 Å². The number of fused-ring (bicyclic) bond motifs is 2. The van der Waals surface area contributed by atoms with Gasteiger partial charge in [-0.1, -0.05) is 23.2 Å². The summed E-state index contributed by atoms with van der Waals surface area (Å²) >= 11 is 13.7. The van der Waals surface area contributed by atoms with Crippen LogP contribution in [0.1, 0.15) is 30.2 Å². The van der Waals surface area contributed by atoms with E-state index in [2.05, 4.69) is 8.75 Å². The third-order valence-electron chi connectivity index (χ3n) is 3.94. The number of nitrogens with zero attached hydrogens (tertiary/aromatic N) is 3. The highest BCUT2D eigenvalue weighted by molar-refractivity contribution is 7.00. The second-order valence-corrected chi connectivity index (χ2v) is 6.49. The monoisotopic (exact) mass is 339 g/mol. The third kappa shape index (κ3) is 1.99. The molecule has 0 spiro atoms. The molecule has 0 aliphatic heterocycles. The topological polar surface area (TPSA) is 50.9 Å². The normalized spacial score (nSPS) is 18.1. The maximum Gasteiger partial charge on any atom is 0.131 e. The Kier molecular flexibility index (Phi) is 3.19. The zero-order valence-corrected chi connectivity index (χ0v) is 13.2.